The standard InChI is InChI=1S/C11H20N2O4/c1-17-8-3-2-7-12-10(16)13-11(9(14)15)5-4-6-11/h2-8H2,1H3,(H,14,15)(H2,12,13,16). The van der Waals surface area contributed by atoms with Crippen molar-refractivity contribution in [3.05, 3.63) is 0 Å². The van der Waals surface area contributed by atoms with Crippen LogP contribution in [0.3, 0.4) is 0 Å². The van der Waals surface area contributed by atoms with Gasteiger partial charge in [0.25, 0.3) is 0 Å². The maximum Gasteiger partial charge on any atom is 0.329 e. The molecule has 0 aromatic carbocycles. The van der Waals surface area contributed by atoms with Crippen molar-refractivity contribution < 1.29 is 19.4 Å². The van der Waals surface area contributed by atoms with Crippen molar-refractivity contribution in [1.82, 2.24) is 10.6 Å². The van der Waals surface area contributed by atoms with Crippen LogP contribution in [0.4, 0.5) is 4.79 Å². The first-order valence-corrected chi connectivity index (χ1v) is 5.89. The lowest BCUT2D eigenvalue weighted by Crippen LogP contribution is -2.61. The second kappa shape index (κ2) is 6.44. The largest absolute Gasteiger partial charge is 0.480 e. The fourth-order valence-corrected chi connectivity index (χ4v) is 1.76. The molecule has 0 radical (unpaired) electrons. The number of ether oxygens (including phenoxy) is 1. The first-order chi connectivity index (χ1) is 8.10. The number of urea groups is 1. The molecule has 2 amide bonds. The highest BCUT2D eigenvalue weighted by Crippen LogP contribution is 2.31. The molecule has 0 atom stereocenters. The maximum atomic E-state index is 11.5. The van der Waals surface area contributed by atoms with E-state index < -0.39 is 17.5 Å². The Kier molecular flexibility index (Phi) is 5.21. The van der Waals surface area contributed by atoms with Gasteiger partial charge in [-0.1, -0.05) is 0 Å². The quantitative estimate of drug-likeness (QED) is 0.576. The molecule has 0 aromatic rings. The van der Waals surface area contributed by atoms with E-state index >= 15 is 0 Å². The first-order valence-electron chi connectivity index (χ1n) is 5.89. The minimum absolute atomic E-state index is 0.399. The van der Waals surface area contributed by atoms with Gasteiger partial charge in [-0.3, -0.25) is 0 Å². The van der Waals surface area contributed by atoms with E-state index in [4.69, 9.17) is 9.84 Å². The van der Waals surface area contributed by atoms with Crippen molar-refractivity contribution in [1.29, 1.82) is 0 Å². The highest BCUT2D eigenvalue weighted by molar-refractivity contribution is 5.87. The van der Waals surface area contributed by atoms with Crippen LogP contribution in [-0.2, 0) is 9.53 Å². The van der Waals surface area contributed by atoms with E-state index in [1.165, 1.54) is 0 Å². The Morgan fingerprint density at radius 1 is 1.35 bits per heavy atom. The Labute approximate surface area is 101 Å². The van der Waals surface area contributed by atoms with Crippen LogP contribution in [0.2, 0.25) is 0 Å². The Balaban J connectivity index is 2.18. The van der Waals surface area contributed by atoms with E-state index in [-0.39, 0.29) is 0 Å². The minimum Gasteiger partial charge on any atom is -0.480 e. The van der Waals surface area contributed by atoms with E-state index in [1.54, 1.807) is 7.11 Å². The zero-order valence-corrected chi connectivity index (χ0v) is 10.1. The molecule has 1 rings (SSSR count). The SMILES string of the molecule is COCCCCNC(=O)NC1(C(=O)O)CCC1. The Hall–Kier alpha value is -1.30. The van der Waals surface area contributed by atoms with E-state index in [1.807, 2.05) is 0 Å². The van der Waals surface area contributed by atoms with Crippen LogP contribution >= 0.6 is 0 Å². The van der Waals surface area contributed by atoms with Crippen LogP contribution in [0, 0.1) is 0 Å². The average Bonchev–Trinajstić information content (AvgIpc) is 2.22. The summed E-state index contributed by atoms with van der Waals surface area (Å²) < 4.78 is 4.88. The lowest BCUT2D eigenvalue weighted by molar-refractivity contribution is -0.148. The van der Waals surface area contributed by atoms with Gasteiger partial charge in [0.2, 0.25) is 0 Å². The van der Waals surface area contributed by atoms with E-state index in [9.17, 15) is 9.59 Å². The van der Waals surface area contributed by atoms with Gasteiger partial charge in [0, 0.05) is 20.3 Å². The number of rotatable bonds is 7. The minimum atomic E-state index is -1.03. The molecule has 0 spiro atoms. The van der Waals surface area contributed by atoms with Crippen LogP contribution in [-0.4, -0.2) is 42.9 Å². The number of nitrogens with one attached hydrogen (secondary N) is 2. The second-order valence-electron chi connectivity index (χ2n) is 4.32. The summed E-state index contributed by atoms with van der Waals surface area (Å²) in [6.07, 6.45) is 3.57. The van der Waals surface area contributed by atoms with Crippen molar-refractivity contribution in [3.8, 4) is 0 Å². The topological polar surface area (TPSA) is 87.7 Å². The number of amides is 2. The van der Waals surface area contributed by atoms with Gasteiger partial charge in [-0.2, -0.15) is 0 Å². The van der Waals surface area contributed by atoms with Crippen molar-refractivity contribution >= 4 is 12.0 Å². The summed E-state index contributed by atoms with van der Waals surface area (Å²) >= 11 is 0. The number of hydrogen-bond donors (Lipinski definition) is 3. The van der Waals surface area contributed by atoms with Crippen LogP contribution in [0.15, 0.2) is 0 Å². The van der Waals surface area contributed by atoms with E-state index in [0.717, 1.165) is 19.3 Å². The molecule has 0 bridgehead atoms. The number of unbranched alkanes of at least 4 members (excludes halogenated alkanes) is 1. The van der Waals surface area contributed by atoms with Gasteiger partial charge >= 0.3 is 12.0 Å². The summed E-state index contributed by atoms with van der Waals surface area (Å²) in [6.45, 7) is 1.20. The highest BCUT2D eigenvalue weighted by atomic mass is 16.5. The molecule has 3 N–H and O–H groups in total. The predicted molar refractivity (Wildman–Crippen MR) is 61.9 cm³/mol. The van der Waals surface area contributed by atoms with Crippen molar-refractivity contribution in [3.63, 3.8) is 0 Å². The van der Waals surface area contributed by atoms with Crippen molar-refractivity contribution in [2.24, 2.45) is 0 Å². The van der Waals surface area contributed by atoms with Crippen molar-refractivity contribution in [2.45, 2.75) is 37.6 Å². The third kappa shape index (κ3) is 3.89. The van der Waals surface area contributed by atoms with Gasteiger partial charge in [0.05, 0.1) is 0 Å². The molecule has 1 aliphatic carbocycles. The fourth-order valence-electron chi connectivity index (χ4n) is 1.76. The van der Waals surface area contributed by atoms with Gasteiger partial charge in [-0.05, 0) is 32.1 Å². The molecule has 0 aliphatic heterocycles. The molecule has 6 heteroatoms. The molecular formula is C11H20N2O4. The molecule has 0 heterocycles. The third-order valence-electron chi connectivity index (χ3n) is 3.03. The third-order valence-corrected chi connectivity index (χ3v) is 3.03. The number of carbonyl (C=O) groups excluding carboxylic acids is 1. The van der Waals surface area contributed by atoms with Gasteiger partial charge < -0.3 is 20.5 Å². The summed E-state index contributed by atoms with van der Waals surface area (Å²) in [7, 11) is 1.63. The molecule has 0 unspecified atom stereocenters. The zero-order valence-electron chi connectivity index (χ0n) is 10.1. The van der Waals surface area contributed by atoms with Gasteiger partial charge in [-0.15, -0.1) is 0 Å². The molecule has 1 fully saturated rings. The lowest BCUT2D eigenvalue weighted by atomic mass is 9.77. The molecule has 17 heavy (non-hydrogen) atoms. The summed E-state index contributed by atoms with van der Waals surface area (Å²) in [5.41, 5.74) is -1.03. The maximum absolute atomic E-state index is 11.5. The first kappa shape index (κ1) is 13.8. The molecule has 1 aliphatic rings. The predicted octanol–water partition coefficient (Wildman–Crippen LogP) is 0.719. The zero-order chi connectivity index (χ0) is 12.7. The summed E-state index contributed by atoms with van der Waals surface area (Å²) in [5.74, 6) is -0.946. The fraction of sp³-hybridized carbons (Fsp3) is 0.818. The summed E-state index contributed by atoms with van der Waals surface area (Å²) in [6, 6.07) is -0.399. The molecule has 1 saturated carbocycles. The Morgan fingerprint density at radius 3 is 2.53 bits per heavy atom. The Bertz CT molecular complexity index is 277. The second-order valence-corrected chi connectivity index (χ2v) is 4.32. The van der Waals surface area contributed by atoms with E-state index in [2.05, 4.69) is 10.6 Å². The molecular weight excluding hydrogens is 224 g/mol. The number of carbonyl (C=O) groups is 2. The van der Waals surface area contributed by atoms with Crippen LogP contribution in [0.1, 0.15) is 32.1 Å². The Morgan fingerprint density at radius 2 is 2.06 bits per heavy atom. The monoisotopic (exact) mass is 244 g/mol. The number of methoxy groups -OCH3 is 1. The number of carboxylic acid groups (broad SMARTS) is 1. The van der Waals surface area contributed by atoms with Crippen LogP contribution in [0.25, 0.3) is 0 Å². The van der Waals surface area contributed by atoms with E-state index in [0.29, 0.717) is 26.0 Å². The van der Waals surface area contributed by atoms with Crippen LogP contribution < -0.4 is 10.6 Å². The van der Waals surface area contributed by atoms with Crippen LogP contribution in [0.5, 0.6) is 0 Å². The number of carboxylic acids is 1. The summed E-state index contributed by atoms with van der Waals surface area (Å²) in [4.78, 5) is 22.5. The van der Waals surface area contributed by atoms with Gasteiger partial charge in [-0.25, -0.2) is 9.59 Å². The molecule has 0 saturated heterocycles. The lowest BCUT2D eigenvalue weighted by Gasteiger charge is -2.38. The normalized spacial score (nSPS) is 17.0. The molecule has 0 aromatic heterocycles. The van der Waals surface area contributed by atoms with Crippen molar-refractivity contribution in [2.75, 3.05) is 20.3 Å². The van der Waals surface area contributed by atoms with Gasteiger partial charge in [0.15, 0.2) is 0 Å². The molecule has 6 nitrogen and oxygen atoms in total. The van der Waals surface area contributed by atoms with Gasteiger partial charge in [0.1, 0.15) is 5.54 Å². The highest BCUT2D eigenvalue weighted by Gasteiger charge is 2.45. The smallest absolute Gasteiger partial charge is 0.329 e. The average molecular weight is 244 g/mol. The molecule has 98 valence electrons. The number of hydrogen-bond acceptors (Lipinski definition) is 3. The number of aliphatic carboxylic acids is 1. The summed E-state index contributed by atoms with van der Waals surface area (Å²) in [5, 5.41) is 14.2.